The van der Waals surface area contributed by atoms with Crippen molar-refractivity contribution in [2.24, 2.45) is 0 Å². The largest absolute Gasteiger partial charge is 0.504 e. The number of nitrogens with zero attached hydrogens (tertiary/aromatic N) is 3. The Morgan fingerprint density at radius 1 is 1.52 bits per heavy atom. The maximum atomic E-state index is 12.3. The quantitative estimate of drug-likeness (QED) is 0.325. The molecule has 1 rings (SSSR count). The summed E-state index contributed by atoms with van der Waals surface area (Å²) in [5.41, 5.74) is 0. The van der Waals surface area contributed by atoms with Gasteiger partial charge in [0.05, 0.1) is 6.04 Å². The summed E-state index contributed by atoms with van der Waals surface area (Å²) in [5.74, 6) is -0.194. The second kappa shape index (κ2) is 8.49. The van der Waals surface area contributed by atoms with Gasteiger partial charge in [0.15, 0.2) is 13.3 Å². The van der Waals surface area contributed by atoms with Crippen LogP contribution in [0, 0.1) is 5.39 Å². The van der Waals surface area contributed by atoms with Crippen LogP contribution in [0.25, 0.3) is 4.98 Å². The lowest BCUT2D eigenvalue weighted by molar-refractivity contribution is 0.0578. The number of carbonyl (C=O) groups is 1. The van der Waals surface area contributed by atoms with Crippen molar-refractivity contribution < 1.29 is 19.1 Å². The third-order valence-corrected chi connectivity index (χ3v) is 9.37. The second-order valence-electron chi connectivity index (χ2n) is 7.74. The number of diazo groups is 1. The first-order chi connectivity index (χ1) is 11.5. The molecule has 8 heteroatoms. The molecule has 0 radical (unpaired) electrons. The molecule has 0 spiro atoms. The van der Waals surface area contributed by atoms with Gasteiger partial charge in [0.25, 0.3) is 0 Å². The molecule has 1 heterocycles. The first kappa shape index (κ1) is 21.2. The summed E-state index contributed by atoms with van der Waals surface area (Å²) in [6.07, 6.45) is 2.72. The third-order valence-electron chi connectivity index (χ3n) is 4.92. The van der Waals surface area contributed by atoms with Crippen molar-refractivity contribution >= 4 is 14.4 Å². The zero-order valence-electron chi connectivity index (χ0n) is 15.9. The molecule has 2 atom stereocenters. The standard InChI is InChI=1S/C17H29N3O4Si/c1-7-11-23-16(22)20-10-8-9-13(20)15(14(21)12-19-18)24-25(5,6)17(2,3)4/h7,12-13,15H,1,8-11H2,2-6H3/p+1/b14-12-/t13-,15?/m0/s1. The highest BCUT2D eigenvalue weighted by atomic mass is 28.4. The Bertz CT molecular complexity index is 563. The van der Waals surface area contributed by atoms with Gasteiger partial charge in [-0.2, -0.15) is 0 Å². The van der Waals surface area contributed by atoms with Crippen LogP contribution in [-0.4, -0.2) is 49.7 Å². The van der Waals surface area contributed by atoms with Crippen LogP contribution in [0.1, 0.15) is 33.6 Å². The molecule has 1 aliphatic heterocycles. The zero-order chi connectivity index (χ0) is 19.3. The topological polar surface area (TPSA) is 87.2 Å². The number of aliphatic hydroxyl groups excluding tert-OH is 1. The van der Waals surface area contributed by atoms with Crippen molar-refractivity contribution in [3.05, 3.63) is 29.6 Å². The van der Waals surface area contributed by atoms with Gasteiger partial charge in [0.1, 0.15) is 12.7 Å². The highest BCUT2D eigenvalue weighted by Gasteiger charge is 2.46. The molecule has 0 aliphatic carbocycles. The van der Waals surface area contributed by atoms with Crippen LogP contribution >= 0.6 is 0 Å². The predicted octanol–water partition coefficient (Wildman–Crippen LogP) is 4.42. The molecule has 0 aromatic heterocycles. The van der Waals surface area contributed by atoms with Crippen molar-refractivity contribution in [1.29, 1.82) is 5.39 Å². The van der Waals surface area contributed by atoms with Gasteiger partial charge in [-0.3, -0.25) is 0 Å². The smallest absolute Gasteiger partial charge is 0.410 e. The first-order valence-corrected chi connectivity index (χ1v) is 11.4. The fraction of sp³-hybridized carbons (Fsp3) is 0.706. The number of amides is 1. The summed E-state index contributed by atoms with van der Waals surface area (Å²) in [7, 11) is -2.24. The molecular weight excluding hydrogens is 338 g/mol. The van der Waals surface area contributed by atoms with Crippen molar-refractivity contribution in [1.82, 2.24) is 4.90 Å². The lowest BCUT2D eigenvalue weighted by Crippen LogP contribution is -2.52. The minimum Gasteiger partial charge on any atom is -0.504 e. The van der Waals surface area contributed by atoms with Crippen LogP contribution in [0.4, 0.5) is 4.79 Å². The number of likely N-dealkylation sites (tertiary alicyclic amines) is 1. The van der Waals surface area contributed by atoms with Crippen LogP contribution in [-0.2, 0) is 9.16 Å². The Morgan fingerprint density at radius 2 is 2.16 bits per heavy atom. The summed E-state index contributed by atoms with van der Waals surface area (Å²) in [4.78, 5) is 16.8. The highest BCUT2D eigenvalue weighted by molar-refractivity contribution is 6.74. The molecule has 1 unspecified atom stereocenters. The number of hydrogen-bond donors (Lipinski definition) is 1. The molecule has 0 bridgehead atoms. The van der Waals surface area contributed by atoms with E-state index >= 15 is 0 Å². The highest BCUT2D eigenvalue weighted by Crippen LogP contribution is 2.39. The lowest BCUT2D eigenvalue weighted by atomic mass is 10.1. The Hall–Kier alpha value is -1.85. The van der Waals surface area contributed by atoms with Crippen LogP contribution in [0.5, 0.6) is 0 Å². The normalized spacial score (nSPS) is 20.1. The molecule has 1 amide bonds. The van der Waals surface area contributed by atoms with E-state index in [1.807, 2.05) is 0 Å². The maximum absolute atomic E-state index is 12.3. The van der Waals surface area contributed by atoms with E-state index in [1.165, 1.54) is 6.08 Å². The van der Waals surface area contributed by atoms with E-state index in [-0.39, 0.29) is 23.4 Å². The van der Waals surface area contributed by atoms with Crippen LogP contribution in [0.2, 0.25) is 18.1 Å². The van der Waals surface area contributed by atoms with E-state index < -0.39 is 20.5 Å². The van der Waals surface area contributed by atoms with Crippen molar-refractivity contribution in [3.8, 4) is 0 Å². The molecule has 140 valence electrons. The SMILES string of the molecule is C=CCOC(=O)N1CCC[C@H]1C(O[Si](C)(C)C(C)(C)C)/C(O)=C/[N+]#N. The summed E-state index contributed by atoms with van der Waals surface area (Å²) < 4.78 is 11.5. The van der Waals surface area contributed by atoms with Gasteiger partial charge in [0, 0.05) is 6.54 Å². The van der Waals surface area contributed by atoms with Gasteiger partial charge in [-0.15, -0.1) is 0 Å². The third kappa shape index (κ3) is 5.31. The fourth-order valence-electron chi connectivity index (χ4n) is 2.51. The molecule has 25 heavy (non-hydrogen) atoms. The first-order valence-electron chi connectivity index (χ1n) is 8.50. The Labute approximate surface area is 151 Å². The van der Waals surface area contributed by atoms with Crippen LogP contribution in [0.15, 0.2) is 24.6 Å². The van der Waals surface area contributed by atoms with E-state index in [4.69, 9.17) is 14.6 Å². The van der Waals surface area contributed by atoms with Gasteiger partial charge < -0.3 is 19.2 Å². The molecule has 1 N–H and O–H groups in total. The van der Waals surface area contributed by atoms with Gasteiger partial charge in [-0.1, -0.05) is 33.4 Å². The molecule has 1 aliphatic rings. The molecular formula is C17H30N3O4Si+. The molecule has 0 saturated carbocycles. The molecule has 0 aromatic carbocycles. The Kier molecular flexibility index (Phi) is 7.20. The average Bonchev–Trinajstić information content (AvgIpc) is 2.98. The van der Waals surface area contributed by atoms with Crippen LogP contribution < -0.4 is 0 Å². The summed E-state index contributed by atoms with van der Waals surface area (Å²) in [6, 6.07) is -0.371. The lowest BCUT2D eigenvalue weighted by Gasteiger charge is -2.41. The number of aliphatic hydroxyl groups is 1. The van der Waals surface area contributed by atoms with Gasteiger partial charge in [0.2, 0.25) is 11.2 Å². The zero-order valence-corrected chi connectivity index (χ0v) is 16.9. The van der Waals surface area contributed by atoms with E-state index in [0.29, 0.717) is 13.0 Å². The monoisotopic (exact) mass is 368 g/mol. The van der Waals surface area contributed by atoms with Gasteiger partial charge >= 0.3 is 12.3 Å². The molecule has 1 saturated heterocycles. The van der Waals surface area contributed by atoms with Crippen molar-refractivity contribution in [3.63, 3.8) is 0 Å². The summed E-state index contributed by atoms with van der Waals surface area (Å²) >= 11 is 0. The van der Waals surface area contributed by atoms with Gasteiger partial charge in [-0.25, -0.2) is 4.79 Å². The summed E-state index contributed by atoms with van der Waals surface area (Å²) in [5, 5.41) is 19.1. The van der Waals surface area contributed by atoms with Gasteiger partial charge in [-0.05, 0) is 31.0 Å². The van der Waals surface area contributed by atoms with Crippen LogP contribution in [0.3, 0.4) is 0 Å². The maximum Gasteiger partial charge on any atom is 0.410 e. The predicted molar refractivity (Wildman–Crippen MR) is 99.1 cm³/mol. The number of carbonyl (C=O) groups excluding carboxylic acids is 1. The second-order valence-corrected chi connectivity index (χ2v) is 12.5. The number of ether oxygens (including phenoxy) is 1. The van der Waals surface area contributed by atoms with E-state index in [1.54, 1.807) is 4.90 Å². The molecule has 1 fully saturated rings. The number of rotatable bonds is 6. The van der Waals surface area contributed by atoms with E-state index in [0.717, 1.165) is 12.6 Å². The van der Waals surface area contributed by atoms with E-state index in [2.05, 4.69) is 45.4 Å². The summed E-state index contributed by atoms with van der Waals surface area (Å²) in [6.45, 7) is 14.6. The Morgan fingerprint density at radius 3 is 2.68 bits per heavy atom. The number of hydrogen-bond acceptors (Lipinski definition) is 5. The molecule has 0 aromatic rings. The minimum absolute atomic E-state index is 0.0747. The van der Waals surface area contributed by atoms with Crippen molar-refractivity contribution in [2.75, 3.05) is 13.2 Å². The molecule has 7 nitrogen and oxygen atoms in total. The fourth-order valence-corrected chi connectivity index (χ4v) is 3.78. The Balaban J connectivity index is 3.11. The van der Waals surface area contributed by atoms with E-state index in [9.17, 15) is 9.90 Å². The minimum atomic E-state index is -2.24. The average molecular weight is 369 g/mol. The van der Waals surface area contributed by atoms with Crippen molar-refractivity contribution in [2.45, 2.75) is 63.9 Å².